The molecule has 2 heterocycles. The minimum absolute atomic E-state index is 0.285. The molecule has 10 nitrogen and oxygen atoms in total. The van der Waals surface area contributed by atoms with Gasteiger partial charge in [-0.2, -0.15) is 4.98 Å². The van der Waals surface area contributed by atoms with Gasteiger partial charge in [-0.15, -0.1) is 11.8 Å². The number of nitrogens with one attached hydrogen (secondary N) is 1. The molecule has 1 N–H and O–H groups in total. The zero-order valence-electron chi connectivity index (χ0n) is 25.9. The van der Waals surface area contributed by atoms with Crippen LogP contribution in [0.2, 0.25) is 0 Å². The molecule has 3 aromatic carbocycles. The summed E-state index contributed by atoms with van der Waals surface area (Å²) in [5, 5.41) is 3.24. The van der Waals surface area contributed by atoms with E-state index in [2.05, 4.69) is 20.2 Å². The highest BCUT2D eigenvalue weighted by Gasteiger charge is 2.26. The number of para-hydroxylation sites is 1. The van der Waals surface area contributed by atoms with Gasteiger partial charge in [0.25, 0.3) is 0 Å². The topological polar surface area (TPSA) is 98.3 Å². The van der Waals surface area contributed by atoms with Gasteiger partial charge >= 0.3 is 6.09 Å². The molecule has 0 bridgehead atoms. The van der Waals surface area contributed by atoms with Gasteiger partial charge in [0.05, 0.1) is 26.5 Å². The highest BCUT2D eigenvalue weighted by Crippen LogP contribution is 2.37. The van der Waals surface area contributed by atoms with Crippen LogP contribution in [0.5, 0.6) is 23.0 Å². The van der Waals surface area contributed by atoms with E-state index in [0.29, 0.717) is 35.5 Å². The third-order valence-electron chi connectivity index (χ3n) is 7.37. The lowest BCUT2D eigenvalue weighted by atomic mass is 10.1. The van der Waals surface area contributed by atoms with E-state index >= 15 is 0 Å². The molecule has 5 rings (SSSR count). The third kappa shape index (κ3) is 8.58. The van der Waals surface area contributed by atoms with Crippen LogP contribution in [0.3, 0.4) is 0 Å². The van der Waals surface area contributed by atoms with Crippen LogP contribution < -0.4 is 29.2 Å². The first-order valence-corrected chi connectivity index (χ1v) is 16.2. The molecule has 1 aliphatic heterocycles. The Balaban J connectivity index is 1.35. The number of anilines is 4. The Hall–Kier alpha value is -4.48. The molecule has 0 radical (unpaired) electrons. The lowest BCUT2D eigenvalue weighted by Crippen LogP contribution is -2.31. The van der Waals surface area contributed by atoms with Crippen molar-refractivity contribution in [3.63, 3.8) is 0 Å². The third-order valence-corrected chi connectivity index (χ3v) is 8.15. The molecule has 0 saturated carbocycles. The molecule has 1 aromatic heterocycles. The highest BCUT2D eigenvalue weighted by molar-refractivity contribution is 7.98. The lowest BCUT2D eigenvalue weighted by Gasteiger charge is -2.26. The SMILES string of the molecule is COc1ccc(N(C(=O)Oc2ccccc2SC)c2ccnc(Nc3cccc(OCCCN4CCCCC4)c3)n2)c(OC)c1. The Labute approximate surface area is 268 Å². The van der Waals surface area contributed by atoms with Gasteiger partial charge in [-0.25, -0.2) is 14.7 Å². The maximum Gasteiger partial charge on any atom is 0.425 e. The number of amides is 1. The molecule has 0 atom stereocenters. The van der Waals surface area contributed by atoms with Crippen LogP contribution in [0.15, 0.2) is 83.9 Å². The number of hydrogen-bond donors (Lipinski definition) is 1. The number of piperidine rings is 1. The van der Waals surface area contributed by atoms with Crippen LogP contribution in [0, 0.1) is 0 Å². The molecule has 0 aliphatic carbocycles. The number of methoxy groups -OCH3 is 2. The highest BCUT2D eigenvalue weighted by atomic mass is 32.2. The first-order valence-electron chi connectivity index (χ1n) is 15.0. The Bertz CT molecular complexity index is 1570. The van der Waals surface area contributed by atoms with E-state index in [1.165, 1.54) is 56.1 Å². The van der Waals surface area contributed by atoms with Crippen LogP contribution in [0.25, 0.3) is 0 Å². The molecular weight excluding hydrogens is 590 g/mol. The Morgan fingerprint density at radius 3 is 2.58 bits per heavy atom. The maximum absolute atomic E-state index is 13.9. The van der Waals surface area contributed by atoms with Crippen molar-refractivity contribution in [2.45, 2.75) is 30.6 Å². The van der Waals surface area contributed by atoms with Crippen molar-refractivity contribution >= 4 is 41.0 Å². The number of carbonyl (C=O) groups is 1. The fourth-order valence-corrected chi connectivity index (χ4v) is 5.64. The molecular formula is C34H39N5O5S. The predicted octanol–water partition coefficient (Wildman–Crippen LogP) is 7.55. The standard InChI is InChI=1S/C34H39N5O5S/c1-41-26-15-16-28(30(24-26)42-2)39(34(40)44-29-13-5-6-14-31(29)45-3)32-17-18-35-33(37-32)36-25-11-9-12-27(23-25)43-22-10-21-38-19-7-4-8-20-38/h5-6,9,11-18,23-24H,4,7-8,10,19-22H2,1-3H3,(H,35,36,37). The van der Waals surface area contributed by atoms with Crippen molar-refractivity contribution in [2.75, 3.05) is 56.9 Å². The molecule has 1 saturated heterocycles. The van der Waals surface area contributed by atoms with Gasteiger partial charge in [0, 0.05) is 41.5 Å². The van der Waals surface area contributed by atoms with E-state index in [-0.39, 0.29) is 5.82 Å². The number of nitrogens with zero attached hydrogens (tertiary/aromatic N) is 4. The number of ether oxygens (including phenoxy) is 4. The predicted molar refractivity (Wildman–Crippen MR) is 178 cm³/mol. The van der Waals surface area contributed by atoms with Gasteiger partial charge in [-0.3, -0.25) is 0 Å². The maximum atomic E-state index is 13.9. The average molecular weight is 630 g/mol. The smallest absolute Gasteiger partial charge is 0.425 e. The van der Waals surface area contributed by atoms with Crippen LogP contribution in [0.4, 0.5) is 27.9 Å². The summed E-state index contributed by atoms with van der Waals surface area (Å²) >= 11 is 1.49. The first kappa shape index (κ1) is 31.9. The normalized spacial score (nSPS) is 13.1. The zero-order valence-corrected chi connectivity index (χ0v) is 26.7. The number of rotatable bonds is 13. The second kappa shape index (κ2) is 16.0. The monoisotopic (exact) mass is 629 g/mol. The second-order valence-corrected chi connectivity index (χ2v) is 11.2. The molecule has 11 heteroatoms. The number of thioether (sulfide) groups is 1. The van der Waals surface area contributed by atoms with E-state index in [4.69, 9.17) is 18.9 Å². The summed E-state index contributed by atoms with van der Waals surface area (Å²) in [4.78, 5) is 27.6. The molecule has 1 fully saturated rings. The number of likely N-dealkylation sites (tertiary alicyclic amines) is 1. The van der Waals surface area contributed by atoms with E-state index in [1.54, 1.807) is 43.6 Å². The summed E-state index contributed by atoms with van der Waals surface area (Å²) in [5.41, 5.74) is 1.18. The Morgan fingerprint density at radius 2 is 1.78 bits per heavy atom. The van der Waals surface area contributed by atoms with E-state index in [9.17, 15) is 4.79 Å². The summed E-state index contributed by atoms with van der Waals surface area (Å²) in [7, 11) is 3.10. The van der Waals surface area contributed by atoms with Gasteiger partial charge in [0.15, 0.2) is 0 Å². The van der Waals surface area contributed by atoms with Gasteiger partial charge in [-0.1, -0.05) is 24.6 Å². The second-order valence-electron chi connectivity index (χ2n) is 10.4. The molecule has 45 heavy (non-hydrogen) atoms. The molecule has 236 valence electrons. The first-order chi connectivity index (χ1) is 22.1. The summed E-state index contributed by atoms with van der Waals surface area (Å²) < 4.78 is 23.0. The van der Waals surface area contributed by atoms with Gasteiger partial charge < -0.3 is 29.2 Å². The van der Waals surface area contributed by atoms with E-state index < -0.39 is 6.09 Å². The Morgan fingerprint density at radius 1 is 0.933 bits per heavy atom. The van der Waals surface area contributed by atoms with Gasteiger partial charge in [0.2, 0.25) is 5.95 Å². The van der Waals surface area contributed by atoms with Crippen LogP contribution in [-0.4, -0.2) is 67.7 Å². The minimum Gasteiger partial charge on any atom is -0.497 e. The molecule has 1 aliphatic rings. The largest absolute Gasteiger partial charge is 0.497 e. The number of aromatic nitrogens is 2. The minimum atomic E-state index is -0.662. The average Bonchev–Trinajstić information content (AvgIpc) is 3.08. The van der Waals surface area contributed by atoms with Gasteiger partial charge in [-0.05, 0) is 75.0 Å². The van der Waals surface area contributed by atoms with E-state index in [1.807, 2.05) is 48.7 Å². The van der Waals surface area contributed by atoms with Crippen molar-refractivity contribution in [1.82, 2.24) is 14.9 Å². The summed E-state index contributed by atoms with van der Waals surface area (Å²) in [6, 6.07) is 21.8. The molecule has 1 amide bonds. The molecule has 0 spiro atoms. The van der Waals surface area contributed by atoms with Crippen molar-refractivity contribution in [2.24, 2.45) is 0 Å². The molecule has 0 unspecified atom stereocenters. The number of benzene rings is 3. The Kier molecular flexibility index (Phi) is 11.4. The quantitative estimate of drug-likeness (QED) is 0.118. The van der Waals surface area contributed by atoms with Crippen molar-refractivity contribution in [3.8, 4) is 23.0 Å². The van der Waals surface area contributed by atoms with Crippen LogP contribution >= 0.6 is 11.8 Å². The molecule has 4 aromatic rings. The van der Waals surface area contributed by atoms with Crippen LogP contribution in [-0.2, 0) is 0 Å². The number of hydrogen-bond acceptors (Lipinski definition) is 10. The van der Waals surface area contributed by atoms with E-state index in [0.717, 1.165) is 29.3 Å². The van der Waals surface area contributed by atoms with Crippen molar-refractivity contribution < 1.29 is 23.7 Å². The fraction of sp³-hybridized carbons (Fsp3) is 0.324. The van der Waals surface area contributed by atoms with Crippen LogP contribution in [0.1, 0.15) is 25.7 Å². The lowest BCUT2D eigenvalue weighted by molar-refractivity contribution is 0.205. The fourth-order valence-electron chi connectivity index (χ4n) is 5.12. The number of carbonyl (C=O) groups excluding carboxylic acids is 1. The summed E-state index contributed by atoms with van der Waals surface area (Å²) in [5.74, 6) is 2.76. The zero-order chi connectivity index (χ0) is 31.4. The summed E-state index contributed by atoms with van der Waals surface area (Å²) in [6.07, 6.45) is 7.73. The van der Waals surface area contributed by atoms with Crippen molar-refractivity contribution in [1.29, 1.82) is 0 Å². The van der Waals surface area contributed by atoms with Gasteiger partial charge in [0.1, 0.15) is 28.8 Å². The summed E-state index contributed by atoms with van der Waals surface area (Å²) in [6.45, 7) is 4.07. The van der Waals surface area contributed by atoms with Crippen molar-refractivity contribution in [3.05, 3.63) is 79.0 Å².